The number of rotatable bonds is 0. The minimum atomic E-state index is 0.525. The van der Waals surface area contributed by atoms with Crippen LogP contribution in [0.5, 0.6) is 0 Å². The Morgan fingerprint density at radius 3 is 2.46 bits per heavy atom. The second kappa shape index (κ2) is 3.27. The van der Waals surface area contributed by atoms with Crippen LogP contribution >= 0.6 is 0 Å². The third-order valence-electron chi connectivity index (χ3n) is 3.97. The molecule has 0 aromatic rings. The molecule has 76 valence electrons. The van der Waals surface area contributed by atoms with Crippen molar-refractivity contribution in [1.82, 2.24) is 4.90 Å². The lowest BCUT2D eigenvalue weighted by atomic mass is 9.74. The lowest BCUT2D eigenvalue weighted by molar-refractivity contribution is 0.118. The maximum Gasteiger partial charge on any atom is 0.0129 e. The van der Waals surface area contributed by atoms with Crippen LogP contribution in [0.25, 0.3) is 0 Å². The fourth-order valence-electron chi connectivity index (χ4n) is 3.26. The van der Waals surface area contributed by atoms with E-state index in [1.807, 2.05) is 0 Å². The first-order valence-corrected chi connectivity index (χ1v) is 5.83. The highest BCUT2D eigenvalue weighted by molar-refractivity contribution is 4.94. The Labute approximate surface area is 82.5 Å². The summed E-state index contributed by atoms with van der Waals surface area (Å²) in [5.41, 5.74) is 0.525. The van der Waals surface area contributed by atoms with Crippen molar-refractivity contribution in [3.05, 3.63) is 0 Å². The Morgan fingerprint density at radius 2 is 1.77 bits per heavy atom. The Hall–Kier alpha value is -0.0400. The van der Waals surface area contributed by atoms with E-state index in [4.69, 9.17) is 0 Å². The Bertz CT molecular complexity index is 180. The van der Waals surface area contributed by atoms with Crippen molar-refractivity contribution in [3.63, 3.8) is 0 Å². The van der Waals surface area contributed by atoms with Crippen LogP contribution in [0.1, 0.15) is 46.5 Å². The summed E-state index contributed by atoms with van der Waals surface area (Å²) in [7, 11) is 0. The third kappa shape index (κ3) is 1.76. The van der Waals surface area contributed by atoms with Crippen LogP contribution < -0.4 is 0 Å². The van der Waals surface area contributed by atoms with E-state index in [1.54, 1.807) is 0 Å². The van der Waals surface area contributed by atoms with Crippen molar-refractivity contribution in [2.75, 3.05) is 13.1 Å². The molecule has 2 atom stereocenters. The van der Waals surface area contributed by atoms with Gasteiger partial charge in [-0.25, -0.2) is 0 Å². The molecular weight excluding hydrogens is 158 g/mol. The highest BCUT2D eigenvalue weighted by Crippen LogP contribution is 2.41. The monoisotopic (exact) mass is 181 g/mol. The van der Waals surface area contributed by atoms with Gasteiger partial charge in [0.1, 0.15) is 0 Å². The van der Waals surface area contributed by atoms with E-state index >= 15 is 0 Å². The van der Waals surface area contributed by atoms with Crippen molar-refractivity contribution < 1.29 is 0 Å². The smallest absolute Gasteiger partial charge is 0.0129 e. The molecule has 0 N–H and O–H groups in total. The van der Waals surface area contributed by atoms with Gasteiger partial charge in [-0.2, -0.15) is 0 Å². The van der Waals surface area contributed by atoms with Gasteiger partial charge in [0.15, 0.2) is 0 Å². The predicted molar refractivity (Wildman–Crippen MR) is 56.8 cm³/mol. The lowest BCUT2D eigenvalue weighted by Gasteiger charge is -2.38. The van der Waals surface area contributed by atoms with Gasteiger partial charge in [-0.15, -0.1) is 0 Å². The van der Waals surface area contributed by atoms with E-state index in [9.17, 15) is 0 Å². The summed E-state index contributed by atoms with van der Waals surface area (Å²) in [6, 6.07) is 0.925. The molecule has 13 heavy (non-hydrogen) atoms. The molecule has 2 rings (SSSR count). The van der Waals surface area contributed by atoms with E-state index in [1.165, 1.54) is 38.8 Å². The van der Waals surface area contributed by atoms with Gasteiger partial charge < -0.3 is 4.90 Å². The molecular formula is C12H23N. The van der Waals surface area contributed by atoms with Crippen molar-refractivity contribution in [2.45, 2.75) is 52.5 Å². The minimum absolute atomic E-state index is 0.525. The lowest BCUT2D eigenvalue weighted by Crippen LogP contribution is -2.40. The second-order valence-electron chi connectivity index (χ2n) is 5.86. The van der Waals surface area contributed by atoms with Crippen molar-refractivity contribution in [3.8, 4) is 0 Å². The van der Waals surface area contributed by atoms with Gasteiger partial charge in [0.25, 0.3) is 0 Å². The highest BCUT2D eigenvalue weighted by atomic mass is 15.2. The molecule has 1 nitrogen and oxygen atoms in total. The number of piperidine rings is 1. The summed E-state index contributed by atoms with van der Waals surface area (Å²) >= 11 is 0. The summed E-state index contributed by atoms with van der Waals surface area (Å²) in [6.07, 6.45) is 5.80. The summed E-state index contributed by atoms with van der Waals surface area (Å²) < 4.78 is 0. The van der Waals surface area contributed by atoms with E-state index in [0.29, 0.717) is 5.41 Å². The van der Waals surface area contributed by atoms with Crippen LogP contribution in [0.3, 0.4) is 0 Å². The molecule has 0 radical (unpaired) electrons. The van der Waals surface area contributed by atoms with Crippen LogP contribution in [0, 0.1) is 11.3 Å². The Morgan fingerprint density at radius 1 is 1.00 bits per heavy atom. The molecule has 0 amide bonds. The van der Waals surface area contributed by atoms with Crippen LogP contribution in [-0.4, -0.2) is 24.0 Å². The first kappa shape index (κ1) is 9.51. The Balaban J connectivity index is 2.07. The number of hydrogen-bond donors (Lipinski definition) is 0. The predicted octanol–water partition coefficient (Wildman–Crippen LogP) is 2.91. The van der Waals surface area contributed by atoms with Gasteiger partial charge in [-0.05, 0) is 43.7 Å². The molecule has 2 heterocycles. The van der Waals surface area contributed by atoms with Crippen LogP contribution in [0.4, 0.5) is 0 Å². The number of nitrogens with zero attached hydrogens (tertiary/aromatic N) is 1. The fourth-order valence-corrected chi connectivity index (χ4v) is 3.26. The van der Waals surface area contributed by atoms with Crippen molar-refractivity contribution in [2.24, 2.45) is 11.3 Å². The second-order valence-corrected chi connectivity index (χ2v) is 5.86. The van der Waals surface area contributed by atoms with Crippen LogP contribution in [0.2, 0.25) is 0 Å². The molecule has 0 bridgehead atoms. The molecule has 1 heteroatoms. The normalized spacial score (nSPS) is 36.2. The zero-order valence-electron chi connectivity index (χ0n) is 9.34. The number of fused-ring (bicyclic) bond motifs is 1. The van der Waals surface area contributed by atoms with Crippen LogP contribution in [0.15, 0.2) is 0 Å². The molecule has 2 aliphatic heterocycles. The maximum atomic E-state index is 2.74. The summed E-state index contributed by atoms with van der Waals surface area (Å²) in [4.78, 5) is 2.74. The highest BCUT2D eigenvalue weighted by Gasteiger charge is 2.41. The van der Waals surface area contributed by atoms with Gasteiger partial charge in [-0.1, -0.05) is 27.2 Å². The van der Waals surface area contributed by atoms with Gasteiger partial charge in [0.2, 0.25) is 0 Å². The summed E-state index contributed by atoms with van der Waals surface area (Å²) in [5.74, 6) is 0.952. The molecule has 2 aliphatic rings. The molecule has 0 aromatic carbocycles. The molecule has 0 spiro atoms. The third-order valence-corrected chi connectivity index (χ3v) is 3.97. The van der Waals surface area contributed by atoms with E-state index in [-0.39, 0.29) is 0 Å². The van der Waals surface area contributed by atoms with E-state index in [2.05, 4.69) is 25.7 Å². The zero-order valence-corrected chi connectivity index (χ0v) is 9.34. The van der Waals surface area contributed by atoms with Gasteiger partial charge in [0.05, 0.1) is 0 Å². The quantitative estimate of drug-likeness (QED) is 0.555. The van der Waals surface area contributed by atoms with Crippen molar-refractivity contribution in [1.29, 1.82) is 0 Å². The molecule has 0 aromatic heterocycles. The van der Waals surface area contributed by atoms with Crippen LogP contribution in [-0.2, 0) is 0 Å². The molecule has 0 aliphatic carbocycles. The molecule has 2 fully saturated rings. The van der Waals surface area contributed by atoms with Gasteiger partial charge in [-0.3, -0.25) is 0 Å². The van der Waals surface area contributed by atoms with Crippen molar-refractivity contribution >= 4 is 0 Å². The van der Waals surface area contributed by atoms with Gasteiger partial charge in [0, 0.05) is 6.04 Å². The molecule has 2 unspecified atom stereocenters. The standard InChI is InChI=1S/C12H23N/c1-12(2,3)10-7-9-13-8-5-4-6-11(10)13/h10-11H,4-9H2,1-3H3. The van der Waals surface area contributed by atoms with Gasteiger partial charge >= 0.3 is 0 Å². The number of hydrogen-bond acceptors (Lipinski definition) is 1. The minimum Gasteiger partial charge on any atom is -0.300 e. The topological polar surface area (TPSA) is 3.24 Å². The summed E-state index contributed by atoms with van der Waals surface area (Å²) in [5, 5.41) is 0. The largest absolute Gasteiger partial charge is 0.300 e. The zero-order chi connectivity index (χ0) is 9.47. The summed E-state index contributed by atoms with van der Waals surface area (Å²) in [6.45, 7) is 9.98. The van der Waals surface area contributed by atoms with E-state index < -0.39 is 0 Å². The fraction of sp³-hybridized carbons (Fsp3) is 1.00. The van der Waals surface area contributed by atoms with E-state index in [0.717, 1.165) is 12.0 Å². The first-order valence-electron chi connectivity index (χ1n) is 5.83. The SMILES string of the molecule is CC(C)(C)C1CCN2CCCCC12. The molecule has 2 saturated heterocycles. The Kier molecular flexibility index (Phi) is 2.39. The maximum absolute atomic E-state index is 2.74. The average molecular weight is 181 g/mol. The molecule has 0 saturated carbocycles. The average Bonchev–Trinajstić information content (AvgIpc) is 2.45. The first-order chi connectivity index (χ1) is 6.09.